The van der Waals surface area contributed by atoms with E-state index >= 15 is 0 Å². The summed E-state index contributed by atoms with van der Waals surface area (Å²) in [6.07, 6.45) is 6.15. The lowest BCUT2D eigenvalue weighted by atomic mass is 10.0. The van der Waals surface area contributed by atoms with Gasteiger partial charge in [0.15, 0.2) is 0 Å². The third-order valence-electron chi connectivity index (χ3n) is 4.17. The summed E-state index contributed by atoms with van der Waals surface area (Å²) < 4.78 is 5.60. The van der Waals surface area contributed by atoms with Gasteiger partial charge in [0, 0.05) is 24.2 Å². The van der Waals surface area contributed by atoms with E-state index in [0.29, 0.717) is 6.42 Å². The molecule has 1 amide bonds. The van der Waals surface area contributed by atoms with Crippen LogP contribution in [0.25, 0.3) is 0 Å². The maximum absolute atomic E-state index is 12.6. The molecule has 0 bridgehead atoms. The third-order valence-corrected chi connectivity index (χ3v) is 5.24. The number of piperidine rings is 1. The summed E-state index contributed by atoms with van der Waals surface area (Å²) in [5.41, 5.74) is 1.06. The molecule has 3 heterocycles. The van der Waals surface area contributed by atoms with Gasteiger partial charge in [-0.25, -0.2) is 4.98 Å². The number of hydrogen-bond donors (Lipinski definition) is 0. The van der Waals surface area contributed by atoms with Crippen LogP contribution in [-0.4, -0.2) is 35.0 Å². The number of amides is 1. The minimum absolute atomic E-state index is 0.142. The Balaban J connectivity index is 1.69. The Labute approximate surface area is 124 Å². The molecule has 2 aliphatic rings. The summed E-state index contributed by atoms with van der Waals surface area (Å²) in [5, 5.41) is 3.18. The summed E-state index contributed by atoms with van der Waals surface area (Å²) in [6.45, 7) is 3.70. The van der Waals surface area contributed by atoms with Crippen molar-refractivity contribution < 1.29 is 9.53 Å². The normalized spacial score (nSPS) is 26.9. The highest BCUT2D eigenvalue weighted by atomic mass is 32.1. The Morgan fingerprint density at radius 3 is 3.05 bits per heavy atom. The van der Waals surface area contributed by atoms with Gasteiger partial charge in [-0.3, -0.25) is 4.79 Å². The van der Waals surface area contributed by atoms with E-state index in [-0.39, 0.29) is 18.1 Å². The molecule has 0 aromatic carbocycles. The molecule has 0 saturated carbocycles. The number of thiazole rings is 1. The molecule has 2 aliphatic heterocycles. The molecule has 110 valence electrons. The van der Waals surface area contributed by atoms with Crippen LogP contribution in [0, 0.1) is 6.92 Å². The van der Waals surface area contributed by atoms with Crippen LogP contribution < -0.4 is 0 Å². The van der Waals surface area contributed by atoms with Gasteiger partial charge in [-0.2, -0.15) is 0 Å². The van der Waals surface area contributed by atoms with Gasteiger partial charge < -0.3 is 9.64 Å². The second kappa shape index (κ2) is 6.22. The number of aromatic nitrogens is 1. The zero-order valence-corrected chi connectivity index (χ0v) is 12.8. The van der Waals surface area contributed by atoms with Crippen LogP contribution in [-0.2, 0) is 9.53 Å². The van der Waals surface area contributed by atoms with Crippen LogP contribution in [0.2, 0.25) is 0 Å². The van der Waals surface area contributed by atoms with Crippen LogP contribution in [0.5, 0.6) is 0 Å². The first-order chi connectivity index (χ1) is 9.74. The number of nitrogens with zero attached hydrogens (tertiary/aromatic N) is 2. The van der Waals surface area contributed by atoms with Crippen molar-refractivity contribution in [3.63, 3.8) is 0 Å². The number of carbonyl (C=O) groups excluding carboxylic acids is 1. The topological polar surface area (TPSA) is 42.4 Å². The zero-order valence-electron chi connectivity index (χ0n) is 12.0. The first-order valence-electron chi connectivity index (χ1n) is 7.57. The Hall–Kier alpha value is -0.940. The maximum Gasteiger partial charge on any atom is 0.225 e. The van der Waals surface area contributed by atoms with Crippen molar-refractivity contribution in [3.8, 4) is 0 Å². The predicted molar refractivity (Wildman–Crippen MR) is 78.7 cm³/mol. The van der Waals surface area contributed by atoms with Gasteiger partial charge in [0.2, 0.25) is 5.91 Å². The monoisotopic (exact) mass is 294 g/mol. The largest absolute Gasteiger partial charge is 0.378 e. The van der Waals surface area contributed by atoms with Gasteiger partial charge in [0.25, 0.3) is 0 Å². The number of hydrogen-bond acceptors (Lipinski definition) is 4. The second-order valence-electron chi connectivity index (χ2n) is 5.76. The van der Waals surface area contributed by atoms with E-state index in [1.165, 1.54) is 6.42 Å². The van der Waals surface area contributed by atoms with Crippen LogP contribution in [0.1, 0.15) is 55.3 Å². The molecule has 4 nitrogen and oxygen atoms in total. The highest BCUT2D eigenvalue weighted by Crippen LogP contribution is 2.33. The molecule has 1 aromatic heterocycles. The van der Waals surface area contributed by atoms with Crippen molar-refractivity contribution >= 4 is 17.2 Å². The molecule has 0 unspecified atom stereocenters. The zero-order chi connectivity index (χ0) is 13.9. The quantitative estimate of drug-likeness (QED) is 0.860. The fourth-order valence-corrected chi connectivity index (χ4v) is 4.07. The number of carbonyl (C=O) groups is 1. The Kier molecular flexibility index (Phi) is 4.36. The van der Waals surface area contributed by atoms with Crippen molar-refractivity contribution in [2.24, 2.45) is 0 Å². The van der Waals surface area contributed by atoms with E-state index in [1.54, 1.807) is 11.3 Å². The molecule has 2 fully saturated rings. The average Bonchev–Trinajstić information content (AvgIpc) is 3.10. The summed E-state index contributed by atoms with van der Waals surface area (Å²) in [6, 6.07) is 0.191. The lowest BCUT2D eigenvalue weighted by Crippen LogP contribution is -2.39. The Morgan fingerprint density at radius 1 is 1.45 bits per heavy atom. The van der Waals surface area contributed by atoms with Crippen molar-refractivity contribution in [2.45, 2.75) is 57.6 Å². The van der Waals surface area contributed by atoms with Gasteiger partial charge in [-0.15, -0.1) is 11.3 Å². The summed E-state index contributed by atoms with van der Waals surface area (Å²) in [7, 11) is 0. The molecule has 2 atom stereocenters. The molecule has 2 saturated heterocycles. The second-order valence-corrected chi connectivity index (χ2v) is 6.65. The van der Waals surface area contributed by atoms with Gasteiger partial charge in [0.1, 0.15) is 5.01 Å². The lowest BCUT2D eigenvalue weighted by Gasteiger charge is -2.35. The van der Waals surface area contributed by atoms with Crippen LogP contribution in [0.3, 0.4) is 0 Å². The van der Waals surface area contributed by atoms with Crippen molar-refractivity contribution in [3.05, 3.63) is 16.1 Å². The van der Waals surface area contributed by atoms with E-state index in [9.17, 15) is 4.79 Å². The SMILES string of the molecule is Cc1csc([C@@H]2CCCCN2C(=O)C[C@H]2CCCO2)n1. The maximum atomic E-state index is 12.6. The summed E-state index contributed by atoms with van der Waals surface area (Å²) in [5.74, 6) is 0.245. The van der Waals surface area contributed by atoms with Crippen molar-refractivity contribution in [2.75, 3.05) is 13.2 Å². The first kappa shape index (κ1) is 14.0. The molecule has 0 aliphatic carbocycles. The van der Waals surface area contributed by atoms with Gasteiger partial charge in [-0.05, 0) is 39.0 Å². The average molecular weight is 294 g/mol. The van der Waals surface area contributed by atoms with Gasteiger partial charge >= 0.3 is 0 Å². The third kappa shape index (κ3) is 3.04. The molecule has 0 N–H and O–H groups in total. The highest BCUT2D eigenvalue weighted by Gasteiger charge is 2.31. The number of ether oxygens (including phenoxy) is 1. The molecule has 5 heteroatoms. The van der Waals surface area contributed by atoms with E-state index in [1.807, 2.05) is 11.8 Å². The smallest absolute Gasteiger partial charge is 0.225 e. The summed E-state index contributed by atoms with van der Waals surface area (Å²) in [4.78, 5) is 19.2. The van der Waals surface area contributed by atoms with Gasteiger partial charge in [0.05, 0.1) is 18.6 Å². The fourth-order valence-electron chi connectivity index (χ4n) is 3.13. The van der Waals surface area contributed by atoms with Gasteiger partial charge in [-0.1, -0.05) is 0 Å². The Bertz CT molecular complexity index is 468. The lowest BCUT2D eigenvalue weighted by molar-refractivity contribution is -0.137. The van der Waals surface area contributed by atoms with E-state index in [0.717, 1.165) is 49.5 Å². The Morgan fingerprint density at radius 2 is 2.35 bits per heavy atom. The molecule has 0 radical (unpaired) electrons. The number of likely N-dealkylation sites (tertiary alicyclic amines) is 1. The van der Waals surface area contributed by atoms with Crippen molar-refractivity contribution in [1.82, 2.24) is 9.88 Å². The van der Waals surface area contributed by atoms with E-state index in [2.05, 4.69) is 10.4 Å². The minimum atomic E-state index is 0.142. The standard InChI is InChI=1S/C15H22N2O2S/c1-11-10-20-15(16-11)13-6-2-3-7-17(13)14(18)9-12-5-4-8-19-12/h10,12-13H,2-9H2,1H3/t12-,13+/m1/s1. The van der Waals surface area contributed by atoms with Crippen LogP contribution >= 0.6 is 11.3 Å². The molecule has 3 rings (SSSR count). The fraction of sp³-hybridized carbons (Fsp3) is 0.733. The minimum Gasteiger partial charge on any atom is -0.378 e. The van der Waals surface area contributed by atoms with E-state index < -0.39 is 0 Å². The molecular formula is C15H22N2O2S. The van der Waals surface area contributed by atoms with E-state index in [4.69, 9.17) is 4.74 Å². The predicted octanol–water partition coefficient (Wildman–Crippen LogP) is 3.07. The number of rotatable bonds is 3. The molecule has 0 spiro atoms. The highest BCUT2D eigenvalue weighted by molar-refractivity contribution is 7.09. The first-order valence-corrected chi connectivity index (χ1v) is 8.45. The number of aryl methyl sites for hydroxylation is 1. The molecule has 20 heavy (non-hydrogen) atoms. The van der Waals surface area contributed by atoms with Crippen LogP contribution in [0.15, 0.2) is 5.38 Å². The molecular weight excluding hydrogens is 272 g/mol. The summed E-state index contributed by atoms with van der Waals surface area (Å²) >= 11 is 1.68. The van der Waals surface area contributed by atoms with Crippen molar-refractivity contribution in [1.29, 1.82) is 0 Å². The van der Waals surface area contributed by atoms with Crippen LogP contribution in [0.4, 0.5) is 0 Å². The molecule has 1 aromatic rings.